The summed E-state index contributed by atoms with van der Waals surface area (Å²) < 4.78 is 0. The van der Waals surface area contributed by atoms with E-state index in [1.54, 1.807) is 0 Å². The van der Waals surface area contributed by atoms with Crippen LogP contribution in [0.4, 0.5) is 0 Å². The molecule has 1 aliphatic rings. The predicted octanol–water partition coefficient (Wildman–Crippen LogP) is 1.14. The van der Waals surface area contributed by atoms with Crippen molar-refractivity contribution in [1.82, 2.24) is 9.80 Å². The van der Waals surface area contributed by atoms with Gasteiger partial charge < -0.3 is 15.5 Å². The van der Waals surface area contributed by atoms with Gasteiger partial charge in [-0.3, -0.25) is 0 Å². The maximum Gasteiger partial charge on any atom is 0.0283 e. The molecule has 0 amide bonds. The lowest BCUT2D eigenvalue weighted by molar-refractivity contribution is 0.236. The third-order valence-corrected chi connectivity index (χ3v) is 3.33. The van der Waals surface area contributed by atoms with E-state index >= 15 is 0 Å². The molecule has 0 spiro atoms. The molecule has 0 aliphatic heterocycles. The van der Waals surface area contributed by atoms with Crippen LogP contribution in [0.5, 0.6) is 0 Å². The lowest BCUT2D eigenvalue weighted by Gasteiger charge is -2.30. The van der Waals surface area contributed by atoms with E-state index in [0.717, 1.165) is 13.1 Å². The fourth-order valence-corrected chi connectivity index (χ4v) is 2.51. The number of hydrogen-bond donors (Lipinski definition) is 1. The van der Waals surface area contributed by atoms with Gasteiger partial charge in [0.15, 0.2) is 0 Å². The standard InChI is InChI=1S/C12H27N3/c1-14(2)9-6-10-15(3)11-12(13)7-4-5-8-12/h4-11,13H2,1-3H3. The summed E-state index contributed by atoms with van der Waals surface area (Å²) in [6.07, 6.45) is 6.31. The van der Waals surface area contributed by atoms with Crippen LogP contribution in [0.3, 0.4) is 0 Å². The highest BCUT2D eigenvalue weighted by molar-refractivity contribution is 4.91. The maximum absolute atomic E-state index is 6.34. The van der Waals surface area contributed by atoms with Crippen molar-refractivity contribution in [3.8, 4) is 0 Å². The van der Waals surface area contributed by atoms with Crippen LogP contribution < -0.4 is 5.73 Å². The molecule has 3 nitrogen and oxygen atoms in total. The van der Waals surface area contributed by atoms with Crippen molar-refractivity contribution in [2.45, 2.75) is 37.6 Å². The molecule has 1 fully saturated rings. The fourth-order valence-electron chi connectivity index (χ4n) is 2.51. The Morgan fingerprint density at radius 3 is 2.20 bits per heavy atom. The number of nitrogens with zero attached hydrogens (tertiary/aromatic N) is 2. The second-order valence-corrected chi connectivity index (χ2v) is 5.46. The molecule has 1 aliphatic carbocycles. The van der Waals surface area contributed by atoms with E-state index in [4.69, 9.17) is 5.73 Å². The normalized spacial score (nSPS) is 20.4. The molecule has 0 bridgehead atoms. The van der Waals surface area contributed by atoms with Crippen molar-refractivity contribution in [1.29, 1.82) is 0 Å². The van der Waals surface area contributed by atoms with Gasteiger partial charge in [0.25, 0.3) is 0 Å². The molecular formula is C12H27N3. The summed E-state index contributed by atoms with van der Waals surface area (Å²) in [5, 5.41) is 0. The SMILES string of the molecule is CN(C)CCCN(C)CC1(N)CCCC1. The molecule has 0 aromatic carbocycles. The topological polar surface area (TPSA) is 32.5 Å². The van der Waals surface area contributed by atoms with Gasteiger partial charge >= 0.3 is 0 Å². The van der Waals surface area contributed by atoms with E-state index in [1.165, 1.54) is 38.6 Å². The van der Waals surface area contributed by atoms with E-state index < -0.39 is 0 Å². The van der Waals surface area contributed by atoms with Crippen LogP contribution in [0.1, 0.15) is 32.1 Å². The second-order valence-electron chi connectivity index (χ2n) is 5.46. The Labute approximate surface area is 94.6 Å². The highest BCUT2D eigenvalue weighted by Gasteiger charge is 2.30. The Bertz CT molecular complexity index is 174. The zero-order valence-corrected chi connectivity index (χ0v) is 10.6. The lowest BCUT2D eigenvalue weighted by Crippen LogP contribution is -2.47. The molecule has 1 saturated carbocycles. The zero-order chi connectivity index (χ0) is 11.3. The minimum Gasteiger partial charge on any atom is -0.324 e. The van der Waals surface area contributed by atoms with Crippen LogP contribution >= 0.6 is 0 Å². The summed E-state index contributed by atoms with van der Waals surface area (Å²) in [5.74, 6) is 0. The average Bonchev–Trinajstić information content (AvgIpc) is 2.50. The summed E-state index contributed by atoms with van der Waals surface area (Å²) in [6.45, 7) is 3.40. The molecule has 15 heavy (non-hydrogen) atoms. The summed E-state index contributed by atoms with van der Waals surface area (Å²) in [7, 11) is 6.45. The molecule has 0 atom stereocenters. The van der Waals surface area contributed by atoms with Crippen molar-refractivity contribution in [2.75, 3.05) is 40.8 Å². The molecule has 1 rings (SSSR count). The number of hydrogen-bond acceptors (Lipinski definition) is 3. The van der Waals surface area contributed by atoms with Gasteiger partial charge in [0.2, 0.25) is 0 Å². The third kappa shape index (κ3) is 4.96. The summed E-state index contributed by atoms with van der Waals surface area (Å²) in [5.41, 5.74) is 6.46. The number of likely N-dealkylation sites (N-methyl/N-ethyl adjacent to an activating group) is 1. The van der Waals surface area contributed by atoms with Gasteiger partial charge in [-0.2, -0.15) is 0 Å². The van der Waals surface area contributed by atoms with Crippen molar-refractivity contribution < 1.29 is 0 Å². The molecule has 0 aromatic rings. The first kappa shape index (κ1) is 12.9. The fraction of sp³-hybridized carbons (Fsp3) is 1.00. The van der Waals surface area contributed by atoms with E-state index in [1.807, 2.05) is 0 Å². The maximum atomic E-state index is 6.34. The van der Waals surface area contributed by atoms with Gasteiger partial charge in [0.1, 0.15) is 0 Å². The molecule has 0 saturated heterocycles. The van der Waals surface area contributed by atoms with Crippen molar-refractivity contribution >= 4 is 0 Å². The van der Waals surface area contributed by atoms with Crippen LogP contribution in [0, 0.1) is 0 Å². The summed E-state index contributed by atoms with van der Waals surface area (Å²) >= 11 is 0. The minimum atomic E-state index is 0.118. The van der Waals surface area contributed by atoms with Gasteiger partial charge in [0.05, 0.1) is 0 Å². The van der Waals surface area contributed by atoms with Crippen molar-refractivity contribution in [2.24, 2.45) is 5.73 Å². The first-order valence-corrected chi connectivity index (χ1v) is 6.14. The van der Waals surface area contributed by atoms with Crippen LogP contribution in [0.25, 0.3) is 0 Å². The van der Waals surface area contributed by atoms with Crippen LogP contribution in [0.15, 0.2) is 0 Å². The molecule has 0 aromatic heterocycles. The van der Waals surface area contributed by atoms with Gasteiger partial charge in [-0.25, -0.2) is 0 Å². The highest BCUT2D eigenvalue weighted by Crippen LogP contribution is 2.27. The van der Waals surface area contributed by atoms with Crippen LogP contribution in [-0.4, -0.2) is 56.1 Å². The molecule has 3 heteroatoms. The Hall–Kier alpha value is -0.120. The van der Waals surface area contributed by atoms with Crippen molar-refractivity contribution in [3.63, 3.8) is 0 Å². The molecule has 90 valence electrons. The Morgan fingerprint density at radius 1 is 1.07 bits per heavy atom. The average molecular weight is 213 g/mol. The van der Waals surface area contributed by atoms with E-state index in [-0.39, 0.29) is 5.54 Å². The Morgan fingerprint density at radius 2 is 1.67 bits per heavy atom. The Kier molecular flexibility index (Phi) is 5.03. The second kappa shape index (κ2) is 5.83. The molecule has 2 N–H and O–H groups in total. The first-order valence-electron chi connectivity index (χ1n) is 6.14. The van der Waals surface area contributed by atoms with E-state index in [9.17, 15) is 0 Å². The monoisotopic (exact) mass is 213 g/mol. The predicted molar refractivity (Wildman–Crippen MR) is 66.1 cm³/mol. The lowest BCUT2D eigenvalue weighted by atomic mass is 9.99. The molecule has 0 heterocycles. The van der Waals surface area contributed by atoms with E-state index in [2.05, 4.69) is 30.9 Å². The van der Waals surface area contributed by atoms with E-state index in [0.29, 0.717) is 0 Å². The summed E-state index contributed by atoms with van der Waals surface area (Å²) in [6, 6.07) is 0. The zero-order valence-electron chi connectivity index (χ0n) is 10.6. The van der Waals surface area contributed by atoms with Gasteiger partial charge in [0, 0.05) is 12.1 Å². The quantitative estimate of drug-likeness (QED) is 0.718. The largest absolute Gasteiger partial charge is 0.324 e. The highest BCUT2D eigenvalue weighted by atomic mass is 15.1. The molecular weight excluding hydrogens is 186 g/mol. The number of nitrogens with two attached hydrogens (primary N) is 1. The first-order chi connectivity index (χ1) is 7.02. The van der Waals surface area contributed by atoms with Crippen LogP contribution in [-0.2, 0) is 0 Å². The smallest absolute Gasteiger partial charge is 0.0283 e. The molecule has 0 unspecified atom stereocenters. The Balaban J connectivity index is 2.14. The van der Waals surface area contributed by atoms with Gasteiger partial charge in [-0.15, -0.1) is 0 Å². The number of rotatable bonds is 6. The minimum absolute atomic E-state index is 0.118. The van der Waals surface area contributed by atoms with Crippen LogP contribution in [0.2, 0.25) is 0 Å². The van der Waals surface area contributed by atoms with Gasteiger partial charge in [-0.1, -0.05) is 12.8 Å². The van der Waals surface area contributed by atoms with Gasteiger partial charge in [-0.05, 0) is 53.5 Å². The molecule has 0 radical (unpaired) electrons. The third-order valence-electron chi connectivity index (χ3n) is 3.33. The summed E-state index contributed by atoms with van der Waals surface area (Å²) in [4.78, 5) is 4.64. The van der Waals surface area contributed by atoms with Crippen molar-refractivity contribution in [3.05, 3.63) is 0 Å².